The molecule has 0 radical (unpaired) electrons. The molecule has 1 heterocycles. The monoisotopic (exact) mass is 286 g/mol. The van der Waals surface area contributed by atoms with E-state index in [0.717, 1.165) is 31.1 Å². The average Bonchev–Trinajstić information content (AvgIpc) is 2.44. The van der Waals surface area contributed by atoms with Gasteiger partial charge in [0, 0.05) is 17.8 Å². The number of methoxy groups -OCH3 is 1. The average molecular weight is 286 g/mol. The first-order valence-electron chi connectivity index (χ1n) is 7.93. The zero-order valence-electron chi connectivity index (χ0n) is 12.8. The van der Waals surface area contributed by atoms with Gasteiger partial charge in [0.05, 0.1) is 7.11 Å². The van der Waals surface area contributed by atoms with Crippen LogP contribution in [-0.2, 0) is 0 Å². The van der Waals surface area contributed by atoms with Crippen LogP contribution in [0.1, 0.15) is 55.9 Å². The summed E-state index contributed by atoms with van der Waals surface area (Å²) in [5.74, 6) is 2.00. The Kier molecular flexibility index (Phi) is 2.69. The summed E-state index contributed by atoms with van der Waals surface area (Å²) in [6.07, 6.45) is 10.2. The van der Waals surface area contributed by atoms with Gasteiger partial charge < -0.3 is 4.74 Å². The summed E-state index contributed by atoms with van der Waals surface area (Å²) in [4.78, 5) is 21.7. The van der Waals surface area contributed by atoms with E-state index in [0.29, 0.717) is 17.0 Å². The first-order valence-corrected chi connectivity index (χ1v) is 7.93. The predicted octanol–water partition coefficient (Wildman–Crippen LogP) is 3.27. The lowest BCUT2D eigenvalue weighted by atomic mass is 9.43. The molecule has 0 saturated heterocycles. The maximum Gasteiger partial charge on any atom is 0.243 e. The number of hydrogen-bond acceptors (Lipinski definition) is 4. The van der Waals surface area contributed by atoms with E-state index in [1.165, 1.54) is 19.3 Å². The molecule has 4 aliphatic rings. The van der Waals surface area contributed by atoms with Crippen molar-refractivity contribution in [2.24, 2.45) is 22.7 Å². The van der Waals surface area contributed by atoms with E-state index in [1.54, 1.807) is 19.5 Å². The van der Waals surface area contributed by atoms with Gasteiger partial charge in [0.15, 0.2) is 11.5 Å². The number of Topliss-reactive ketones (excluding diaryl/α,β-unsaturated/α-hetero) is 1. The van der Waals surface area contributed by atoms with Gasteiger partial charge in [0.1, 0.15) is 0 Å². The van der Waals surface area contributed by atoms with Crippen LogP contribution in [0.5, 0.6) is 5.88 Å². The van der Waals surface area contributed by atoms with Crippen molar-refractivity contribution in [3.63, 3.8) is 0 Å². The van der Waals surface area contributed by atoms with Gasteiger partial charge in [-0.1, -0.05) is 6.92 Å². The molecular weight excluding hydrogens is 264 g/mol. The van der Waals surface area contributed by atoms with E-state index in [9.17, 15) is 4.79 Å². The van der Waals surface area contributed by atoms with Crippen molar-refractivity contribution >= 4 is 5.78 Å². The Balaban J connectivity index is 1.74. The normalized spacial score (nSPS) is 40.3. The molecule has 1 aromatic heterocycles. The molecule has 0 N–H and O–H groups in total. The maximum atomic E-state index is 13.2. The summed E-state index contributed by atoms with van der Waals surface area (Å²) in [6, 6.07) is 0. The Morgan fingerprint density at radius 2 is 1.86 bits per heavy atom. The second-order valence-corrected chi connectivity index (χ2v) is 7.80. The van der Waals surface area contributed by atoms with E-state index in [2.05, 4.69) is 16.9 Å². The van der Waals surface area contributed by atoms with Crippen molar-refractivity contribution in [3.8, 4) is 5.88 Å². The number of nitrogens with zero attached hydrogens (tertiary/aromatic N) is 2. The minimum absolute atomic E-state index is 0.174. The third-order valence-corrected chi connectivity index (χ3v) is 5.91. The summed E-state index contributed by atoms with van der Waals surface area (Å²) < 4.78 is 5.26. The number of ether oxygens (including phenoxy) is 1. The number of aromatic nitrogens is 2. The second kappa shape index (κ2) is 4.28. The lowest BCUT2D eigenvalue weighted by Crippen LogP contribution is -2.54. The highest BCUT2D eigenvalue weighted by Gasteiger charge is 2.59. The summed E-state index contributed by atoms with van der Waals surface area (Å²) in [5.41, 5.74) is 0.586. The van der Waals surface area contributed by atoms with E-state index >= 15 is 0 Å². The van der Waals surface area contributed by atoms with Gasteiger partial charge in [-0.3, -0.25) is 4.79 Å². The number of ketones is 1. The van der Waals surface area contributed by atoms with Crippen molar-refractivity contribution in [2.45, 2.75) is 45.4 Å². The molecule has 0 spiro atoms. The van der Waals surface area contributed by atoms with Crippen LogP contribution in [0.15, 0.2) is 12.4 Å². The number of carbonyl (C=O) groups is 1. The van der Waals surface area contributed by atoms with Gasteiger partial charge in [-0.2, -0.15) is 0 Å². The van der Waals surface area contributed by atoms with Crippen molar-refractivity contribution in [1.29, 1.82) is 0 Å². The zero-order valence-corrected chi connectivity index (χ0v) is 12.8. The van der Waals surface area contributed by atoms with Crippen molar-refractivity contribution in [1.82, 2.24) is 9.97 Å². The predicted molar refractivity (Wildman–Crippen MR) is 78.1 cm³/mol. The van der Waals surface area contributed by atoms with E-state index < -0.39 is 0 Å². The second-order valence-electron chi connectivity index (χ2n) is 7.80. The SMILES string of the molecule is COc1nccnc1C(=O)C12CC3CC(CC(C)(C3)C1)C2. The van der Waals surface area contributed by atoms with Gasteiger partial charge in [0.2, 0.25) is 5.88 Å². The van der Waals surface area contributed by atoms with E-state index in [1.807, 2.05) is 0 Å². The number of rotatable bonds is 3. The Labute approximate surface area is 125 Å². The molecule has 4 bridgehead atoms. The molecule has 2 unspecified atom stereocenters. The van der Waals surface area contributed by atoms with Gasteiger partial charge in [-0.15, -0.1) is 0 Å². The van der Waals surface area contributed by atoms with Gasteiger partial charge in [0.25, 0.3) is 0 Å². The Morgan fingerprint density at radius 3 is 2.48 bits per heavy atom. The van der Waals surface area contributed by atoms with Crippen molar-refractivity contribution in [3.05, 3.63) is 18.1 Å². The molecule has 4 saturated carbocycles. The minimum atomic E-state index is -0.206. The fourth-order valence-electron chi connectivity index (χ4n) is 5.87. The number of hydrogen-bond donors (Lipinski definition) is 0. The number of carbonyl (C=O) groups excluding carboxylic acids is 1. The lowest BCUT2D eigenvalue weighted by molar-refractivity contribution is -0.0823. The topological polar surface area (TPSA) is 52.1 Å². The van der Waals surface area contributed by atoms with Crippen LogP contribution < -0.4 is 4.74 Å². The summed E-state index contributed by atoms with van der Waals surface area (Å²) in [6.45, 7) is 2.38. The summed E-state index contributed by atoms with van der Waals surface area (Å²) in [5, 5.41) is 0. The summed E-state index contributed by atoms with van der Waals surface area (Å²) in [7, 11) is 1.56. The molecule has 4 heteroatoms. The molecule has 0 amide bonds. The van der Waals surface area contributed by atoms with Gasteiger partial charge in [-0.25, -0.2) is 9.97 Å². The molecule has 0 aliphatic heterocycles. The minimum Gasteiger partial charge on any atom is -0.479 e. The highest BCUT2D eigenvalue weighted by molar-refractivity contribution is 6.01. The first-order chi connectivity index (χ1) is 10.0. The molecule has 4 nitrogen and oxygen atoms in total. The Morgan fingerprint density at radius 1 is 1.19 bits per heavy atom. The first kappa shape index (κ1) is 13.2. The third kappa shape index (κ3) is 1.91. The van der Waals surface area contributed by atoms with Crippen LogP contribution >= 0.6 is 0 Å². The van der Waals surface area contributed by atoms with Crippen LogP contribution in [0.25, 0.3) is 0 Å². The molecule has 0 aromatic carbocycles. The van der Waals surface area contributed by atoms with Crippen molar-refractivity contribution in [2.75, 3.05) is 7.11 Å². The maximum absolute atomic E-state index is 13.2. The Hall–Kier alpha value is -1.45. The molecule has 2 atom stereocenters. The standard InChI is InChI=1S/C17H22N2O2/c1-16-6-11-5-12(7-16)9-17(8-11,10-16)14(20)13-15(21-2)19-4-3-18-13/h3-4,11-12H,5-10H2,1-2H3. The molecule has 21 heavy (non-hydrogen) atoms. The smallest absolute Gasteiger partial charge is 0.243 e. The quantitative estimate of drug-likeness (QED) is 0.800. The largest absolute Gasteiger partial charge is 0.479 e. The van der Waals surface area contributed by atoms with Gasteiger partial charge >= 0.3 is 0 Å². The van der Waals surface area contributed by atoms with E-state index in [4.69, 9.17) is 4.74 Å². The van der Waals surface area contributed by atoms with Crippen molar-refractivity contribution < 1.29 is 9.53 Å². The van der Waals surface area contributed by atoms with Crippen LogP contribution in [0, 0.1) is 22.7 Å². The Bertz CT molecular complexity index is 584. The summed E-state index contributed by atoms with van der Waals surface area (Å²) >= 11 is 0. The van der Waals surface area contributed by atoms with Crippen LogP contribution in [0.2, 0.25) is 0 Å². The molecule has 1 aromatic rings. The highest BCUT2D eigenvalue weighted by atomic mass is 16.5. The van der Waals surface area contributed by atoms with Crippen LogP contribution in [-0.4, -0.2) is 22.9 Å². The van der Waals surface area contributed by atoms with Gasteiger partial charge in [-0.05, 0) is 55.8 Å². The molecular formula is C17H22N2O2. The fraction of sp³-hybridized carbons (Fsp3) is 0.706. The molecule has 4 aliphatic carbocycles. The molecule has 112 valence electrons. The van der Waals surface area contributed by atoms with Crippen LogP contribution in [0.4, 0.5) is 0 Å². The third-order valence-electron chi connectivity index (χ3n) is 5.91. The fourth-order valence-corrected chi connectivity index (χ4v) is 5.87. The zero-order chi connectivity index (χ0) is 14.7. The van der Waals surface area contributed by atoms with Crippen LogP contribution in [0.3, 0.4) is 0 Å². The lowest BCUT2D eigenvalue weighted by Gasteiger charge is -2.60. The highest BCUT2D eigenvalue weighted by Crippen LogP contribution is 2.65. The molecule has 5 rings (SSSR count). The van der Waals surface area contributed by atoms with E-state index in [-0.39, 0.29) is 11.2 Å². The molecule has 4 fully saturated rings.